The zero-order valence-electron chi connectivity index (χ0n) is 15.9. The van der Waals surface area contributed by atoms with Gasteiger partial charge in [0, 0.05) is 0 Å². The number of fused-ring (bicyclic) bond motifs is 3. The van der Waals surface area contributed by atoms with Crippen LogP contribution in [0.25, 0.3) is 11.1 Å². The van der Waals surface area contributed by atoms with Gasteiger partial charge < -0.3 is 4.74 Å². The van der Waals surface area contributed by atoms with Crippen molar-refractivity contribution >= 4 is 5.97 Å². The first kappa shape index (κ1) is 18.0. The Kier molecular flexibility index (Phi) is 4.95. The Labute approximate surface area is 165 Å². The zero-order valence-corrected chi connectivity index (χ0v) is 15.9. The number of esters is 1. The normalized spacial score (nSPS) is 11.4. The highest BCUT2D eigenvalue weighted by Gasteiger charge is 2.20. The van der Waals surface area contributed by atoms with Crippen molar-refractivity contribution in [3.05, 3.63) is 88.5 Å². The smallest absolute Gasteiger partial charge is 0.343 e. The van der Waals surface area contributed by atoms with Crippen LogP contribution in [-0.4, -0.2) is 5.97 Å². The third kappa shape index (κ3) is 3.54. The number of unbranched alkanes of at least 4 members (excludes halogenated alkanes) is 1. The largest absolute Gasteiger partial charge is 0.423 e. The molecule has 3 nitrogen and oxygen atoms in total. The number of carbonyl (C=O) groups excluding carboxylic acids is 1. The number of ether oxygens (including phenoxy) is 1. The Hall–Kier alpha value is -3.38. The Morgan fingerprint density at radius 3 is 2.43 bits per heavy atom. The summed E-state index contributed by atoms with van der Waals surface area (Å²) in [6.07, 6.45) is 4.09. The molecule has 1 aliphatic carbocycles. The highest BCUT2D eigenvalue weighted by molar-refractivity contribution is 5.91. The average Bonchev–Trinajstić information content (AvgIpc) is 3.09. The molecule has 0 heterocycles. The minimum atomic E-state index is -0.343. The maximum atomic E-state index is 12.5. The van der Waals surface area contributed by atoms with E-state index in [4.69, 9.17) is 10.00 Å². The lowest BCUT2D eigenvalue weighted by Crippen LogP contribution is -2.08. The number of nitrogens with zero attached hydrogens (tertiary/aromatic N) is 1. The van der Waals surface area contributed by atoms with E-state index in [0.29, 0.717) is 16.9 Å². The molecule has 0 fully saturated rings. The van der Waals surface area contributed by atoms with Gasteiger partial charge in [0.1, 0.15) is 5.75 Å². The van der Waals surface area contributed by atoms with Gasteiger partial charge >= 0.3 is 5.97 Å². The summed E-state index contributed by atoms with van der Waals surface area (Å²) >= 11 is 0. The summed E-state index contributed by atoms with van der Waals surface area (Å²) in [5.74, 6) is 0.205. The van der Waals surface area contributed by atoms with Gasteiger partial charge in [0.25, 0.3) is 0 Å². The lowest BCUT2D eigenvalue weighted by molar-refractivity contribution is 0.0734. The summed E-state index contributed by atoms with van der Waals surface area (Å²) in [4.78, 5) is 12.5. The van der Waals surface area contributed by atoms with Crippen molar-refractivity contribution in [3.63, 3.8) is 0 Å². The van der Waals surface area contributed by atoms with Crippen molar-refractivity contribution < 1.29 is 9.53 Å². The Morgan fingerprint density at radius 1 is 1.00 bits per heavy atom. The van der Waals surface area contributed by atoms with Crippen molar-refractivity contribution in [2.24, 2.45) is 0 Å². The molecule has 0 bridgehead atoms. The number of carbonyl (C=O) groups is 1. The fourth-order valence-electron chi connectivity index (χ4n) is 3.67. The molecule has 0 atom stereocenters. The minimum Gasteiger partial charge on any atom is -0.423 e. The van der Waals surface area contributed by atoms with Crippen molar-refractivity contribution in [2.45, 2.75) is 32.6 Å². The Balaban J connectivity index is 1.49. The molecular formula is C25H21NO2. The summed E-state index contributed by atoms with van der Waals surface area (Å²) in [5.41, 5.74) is 7.01. The lowest BCUT2D eigenvalue weighted by atomic mass is 10.0. The third-order valence-electron chi connectivity index (χ3n) is 5.20. The topological polar surface area (TPSA) is 50.1 Å². The molecular weight excluding hydrogens is 346 g/mol. The van der Waals surface area contributed by atoms with Crippen LogP contribution in [0.3, 0.4) is 0 Å². The van der Waals surface area contributed by atoms with E-state index in [1.54, 1.807) is 0 Å². The summed E-state index contributed by atoms with van der Waals surface area (Å²) in [6.45, 7) is 2.17. The van der Waals surface area contributed by atoms with Crippen LogP contribution >= 0.6 is 0 Å². The summed E-state index contributed by atoms with van der Waals surface area (Å²) in [7, 11) is 0. The Bertz CT molecular complexity index is 1070. The molecule has 0 spiro atoms. The van der Waals surface area contributed by atoms with Crippen LogP contribution in [0.5, 0.6) is 5.75 Å². The minimum absolute atomic E-state index is 0.343. The first-order valence-corrected chi connectivity index (χ1v) is 9.65. The van der Waals surface area contributed by atoms with Crippen LogP contribution in [0, 0.1) is 11.3 Å². The van der Waals surface area contributed by atoms with E-state index in [-0.39, 0.29) is 5.97 Å². The van der Waals surface area contributed by atoms with Gasteiger partial charge in [0.05, 0.1) is 17.2 Å². The number of hydrogen-bond donors (Lipinski definition) is 0. The van der Waals surface area contributed by atoms with Gasteiger partial charge in [-0.05, 0) is 83.5 Å². The first-order valence-electron chi connectivity index (χ1n) is 9.65. The quantitative estimate of drug-likeness (QED) is 0.336. The monoisotopic (exact) mass is 367 g/mol. The van der Waals surface area contributed by atoms with Crippen LogP contribution < -0.4 is 4.74 Å². The van der Waals surface area contributed by atoms with Crippen molar-refractivity contribution in [1.82, 2.24) is 0 Å². The fourth-order valence-corrected chi connectivity index (χ4v) is 3.67. The van der Waals surface area contributed by atoms with Crippen LogP contribution in [0.2, 0.25) is 0 Å². The SMILES string of the molecule is CCCCc1ccc(C(=O)Oc2ccc3c(c2)Cc2cc(C#N)ccc2-3)cc1. The highest BCUT2D eigenvalue weighted by Crippen LogP contribution is 2.38. The van der Waals surface area contributed by atoms with Gasteiger partial charge in [0.2, 0.25) is 0 Å². The molecule has 0 amide bonds. The second kappa shape index (κ2) is 7.70. The second-order valence-corrected chi connectivity index (χ2v) is 7.17. The number of benzene rings is 3. The van der Waals surface area contributed by atoms with E-state index < -0.39 is 0 Å². The molecule has 28 heavy (non-hydrogen) atoms. The molecule has 3 heteroatoms. The average molecular weight is 367 g/mol. The molecule has 0 radical (unpaired) electrons. The molecule has 0 aromatic heterocycles. The van der Waals surface area contributed by atoms with E-state index >= 15 is 0 Å². The van der Waals surface area contributed by atoms with Crippen molar-refractivity contribution in [2.75, 3.05) is 0 Å². The summed E-state index contributed by atoms with van der Waals surface area (Å²) in [6, 6.07) is 21.4. The van der Waals surface area contributed by atoms with E-state index in [2.05, 4.69) is 13.0 Å². The molecule has 0 aliphatic heterocycles. The van der Waals surface area contributed by atoms with Crippen LogP contribution in [0.4, 0.5) is 0 Å². The van der Waals surface area contributed by atoms with E-state index in [9.17, 15) is 4.79 Å². The molecule has 4 rings (SSSR count). The second-order valence-electron chi connectivity index (χ2n) is 7.17. The predicted octanol–water partition coefficient (Wildman–Crippen LogP) is 5.69. The van der Waals surface area contributed by atoms with Crippen molar-refractivity contribution in [1.29, 1.82) is 5.26 Å². The molecule has 3 aromatic carbocycles. The van der Waals surface area contributed by atoms with Crippen LogP contribution in [0.15, 0.2) is 60.7 Å². The highest BCUT2D eigenvalue weighted by atomic mass is 16.5. The number of nitriles is 1. The molecule has 0 saturated heterocycles. The van der Waals surface area contributed by atoms with Gasteiger partial charge in [-0.2, -0.15) is 5.26 Å². The number of hydrogen-bond acceptors (Lipinski definition) is 3. The van der Waals surface area contributed by atoms with Crippen LogP contribution in [0.1, 0.15) is 52.4 Å². The van der Waals surface area contributed by atoms with Crippen LogP contribution in [-0.2, 0) is 12.8 Å². The zero-order chi connectivity index (χ0) is 19.5. The number of aryl methyl sites for hydroxylation is 1. The standard InChI is InChI=1S/C25H21NO2/c1-2-3-4-17-5-8-19(9-6-17)25(27)28-22-10-12-24-21(15-22)14-20-13-18(16-26)7-11-23(20)24/h5-13,15H,2-4,14H2,1H3. The van der Waals surface area contributed by atoms with Gasteiger partial charge in [0.15, 0.2) is 0 Å². The molecule has 0 N–H and O–H groups in total. The van der Waals surface area contributed by atoms with E-state index in [1.807, 2.05) is 60.7 Å². The maximum absolute atomic E-state index is 12.5. The van der Waals surface area contributed by atoms with E-state index in [0.717, 1.165) is 47.9 Å². The fraction of sp³-hybridized carbons (Fsp3) is 0.200. The third-order valence-corrected chi connectivity index (χ3v) is 5.20. The molecule has 0 unspecified atom stereocenters. The Morgan fingerprint density at radius 2 is 1.71 bits per heavy atom. The first-order chi connectivity index (χ1) is 13.7. The molecule has 138 valence electrons. The van der Waals surface area contributed by atoms with Gasteiger partial charge in [-0.25, -0.2) is 4.79 Å². The molecule has 3 aromatic rings. The summed E-state index contributed by atoms with van der Waals surface area (Å²) < 4.78 is 5.60. The van der Waals surface area contributed by atoms with Crippen molar-refractivity contribution in [3.8, 4) is 22.9 Å². The summed E-state index contributed by atoms with van der Waals surface area (Å²) in [5, 5.41) is 9.09. The molecule has 1 aliphatic rings. The van der Waals surface area contributed by atoms with E-state index in [1.165, 1.54) is 5.56 Å². The predicted molar refractivity (Wildman–Crippen MR) is 109 cm³/mol. The number of rotatable bonds is 5. The van der Waals surface area contributed by atoms with Gasteiger partial charge in [-0.3, -0.25) is 0 Å². The van der Waals surface area contributed by atoms with Gasteiger partial charge in [-0.15, -0.1) is 0 Å². The maximum Gasteiger partial charge on any atom is 0.343 e. The molecule has 0 saturated carbocycles. The van der Waals surface area contributed by atoms with Gasteiger partial charge in [-0.1, -0.05) is 37.6 Å². The lowest BCUT2D eigenvalue weighted by Gasteiger charge is -2.08.